The van der Waals surface area contributed by atoms with E-state index >= 15 is 0 Å². The number of hydrogen-bond acceptors (Lipinski definition) is 1. The van der Waals surface area contributed by atoms with Crippen molar-refractivity contribution in [2.75, 3.05) is 0 Å². The number of nitrogens with zero attached hydrogens (tertiary/aromatic N) is 1. The fraction of sp³-hybridized carbons (Fsp3) is 0.632. The Morgan fingerprint density at radius 1 is 0.818 bits per heavy atom. The summed E-state index contributed by atoms with van der Waals surface area (Å²) in [4.78, 5) is 4.18. The van der Waals surface area contributed by atoms with Gasteiger partial charge in [0.2, 0.25) is 0 Å². The van der Waals surface area contributed by atoms with Gasteiger partial charge >= 0.3 is 0 Å². The van der Waals surface area contributed by atoms with Crippen molar-refractivity contribution < 1.29 is 8.78 Å². The maximum absolute atomic E-state index is 13.4. The monoisotopic (exact) mass is 305 g/mol. The van der Waals surface area contributed by atoms with Crippen molar-refractivity contribution >= 4 is 6.72 Å². The van der Waals surface area contributed by atoms with Crippen molar-refractivity contribution in [3.8, 4) is 0 Å². The zero-order valence-corrected chi connectivity index (χ0v) is 13.1. The Balaban J connectivity index is 1.54. The van der Waals surface area contributed by atoms with Crippen LogP contribution in [0, 0.1) is 23.5 Å². The first-order valence-electron chi connectivity index (χ1n) is 8.58. The molecule has 120 valence electrons. The van der Waals surface area contributed by atoms with Crippen LogP contribution < -0.4 is 0 Å². The summed E-state index contributed by atoms with van der Waals surface area (Å²) in [5.41, 5.74) is 0.969. The Morgan fingerprint density at radius 3 is 1.95 bits per heavy atom. The van der Waals surface area contributed by atoms with Crippen LogP contribution in [-0.4, -0.2) is 12.8 Å². The Labute approximate surface area is 131 Å². The highest BCUT2D eigenvalue weighted by atomic mass is 19.2. The third-order valence-corrected chi connectivity index (χ3v) is 5.85. The second-order valence-corrected chi connectivity index (χ2v) is 7.04. The van der Waals surface area contributed by atoms with Gasteiger partial charge in [-0.3, -0.25) is 4.99 Å². The van der Waals surface area contributed by atoms with Crippen LogP contribution in [0.3, 0.4) is 0 Å². The van der Waals surface area contributed by atoms with Crippen LogP contribution >= 0.6 is 0 Å². The third kappa shape index (κ3) is 3.39. The summed E-state index contributed by atoms with van der Waals surface area (Å²) in [5.74, 6) is 0.591. The smallest absolute Gasteiger partial charge is 0.159 e. The van der Waals surface area contributed by atoms with E-state index in [0.29, 0.717) is 12.0 Å². The maximum Gasteiger partial charge on any atom is 0.159 e. The Morgan fingerprint density at radius 2 is 1.41 bits per heavy atom. The molecule has 0 bridgehead atoms. The zero-order valence-electron chi connectivity index (χ0n) is 13.1. The van der Waals surface area contributed by atoms with Crippen LogP contribution in [0.1, 0.15) is 62.8 Å². The summed E-state index contributed by atoms with van der Waals surface area (Å²) in [7, 11) is 0. The topological polar surface area (TPSA) is 12.4 Å². The third-order valence-electron chi connectivity index (χ3n) is 5.85. The second kappa shape index (κ2) is 6.89. The molecule has 0 aliphatic heterocycles. The fourth-order valence-electron chi connectivity index (χ4n) is 4.45. The predicted molar refractivity (Wildman–Crippen MR) is 86.4 cm³/mol. The Hall–Kier alpha value is -1.25. The number of aliphatic imine (C=N–C) groups is 1. The molecule has 0 saturated heterocycles. The lowest BCUT2D eigenvalue weighted by Crippen LogP contribution is -2.26. The molecule has 0 spiro atoms. The SMILES string of the molecule is C=NC1CCC(C2CCC(c3ccc(F)c(F)c3)CC2)CC1. The molecule has 22 heavy (non-hydrogen) atoms. The van der Waals surface area contributed by atoms with E-state index < -0.39 is 11.6 Å². The van der Waals surface area contributed by atoms with Gasteiger partial charge in [0.15, 0.2) is 11.6 Å². The standard InChI is InChI=1S/C19H25F2N/c1-22-17-9-6-14(7-10-17)13-2-4-15(5-3-13)16-8-11-18(20)19(21)12-16/h8,11-15,17H,1-7,9-10H2. The molecular weight excluding hydrogens is 280 g/mol. The lowest BCUT2D eigenvalue weighted by atomic mass is 9.69. The molecule has 0 unspecified atom stereocenters. The number of hydrogen-bond donors (Lipinski definition) is 0. The lowest BCUT2D eigenvalue weighted by Gasteiger charge is -2.37. The molecular formula is C19H25F2N. The van der Waals surface area contributed by atoms with Crippen molar-refractivity contribution in [2.24, 2.45) is 16.8 Å². The molecule has 2 fully saturated rings. The van der Waals surface area contributed by atoms with Crippen LogP contribution in [0.2, 0.25) is 0 Å². The average molecular weight is 305 g/mol. The summed E-state index contributed by atoms with van der Waals surface area (Å²) in [6.07, 6.45) is 9.61. The quantitative estimate of drug-likeness (QED) is 0.654. The van der Waals surface area contributed by atoms with Gasteiger partial charge in [-0.05, 0) is 93.5 Å². The number of rotatable bonds is 3. The molecule has 0 N–H and O–H groups in total. The highest BCUT2D eigenvalue weighted by Gasteiger charge is 2.31. The molecule has 1 aromatic carbocycles. The molecule has 2 saturated carbocycles. The van der Waals surface area contributed by atoms with E-state index in [2.05, 4.69) is 11.7 Å². The van der Waals surface area contributed by atoms with Gasteiger partial charge in [0, 0.05) is 6.04 Å². The van der Waals surface area contributed by atoms with E-state index in [1.165, 1.54) is 50.7 Å². The van der Waals surface area contributed by atoms with E-state index in [4.69, 9.17) is 0 Å². The van der Waals surface area contributed by atoms with Gasteiger partial charge in [-0.2, -0.15) is 0 Å². The largest absolute Gasteiger partial charge is 0.298 e. The van der Waals surface area contributed by atoms with Gasteiger partial charge in [0.1, 0.15) is 0 Å². The van der Waals surface area contributed by atoms with Crippen LogP contribution in [0.25, 0.3) is 0 Å². The number of benzene rings is 1. The van der Waals surface area contributed by atoms with Gasteiger partial charge in [-0.15, -0.1) is 0 Å². The molecule has 0 heterocycles. The second-order valence-electron chi connectivity index (χ2n) is 7.04. The predicted octanol–water partition coefficient (Wildman–Crippen LogP) is 5.50. The van der Waals surface area contributed by atoms with E-state index in [1.54, 1.807) is 6.07 Å². The van der Waals surface area contributed by atoms with E-state index in [1.807, 2.05) is 0 Å². The maximum atomic E-state index is 13.4. The number of halogens is 2. The molecule has 0 atom stereocenters. The van der Waals surface area contributed by atoms with E-state index in [9.17, 15) is 8.78 Å². The highest BCUT2D eigenvalue weighted by Crippen LogP contribution is 2.43. The van der Waals surface area contributed by atoms with Crippen LogP contribution in [0.15, 0.2) is 23.2 Å². The van der Waals surface area contributed by atoms with Crippen molar-refractivity contribution in [2.45, 2.75) is 63.3 Å². The molecule has 3 heteroatoms. The van der Waals surface area contributed by atoms with E-state index in [-0.39, 0.29) is 0 Å². The molecule has 3 rings (SSSR count). The van der Waals surface area contributed by atoms with Gasteiger partial charge in [-0.25, -0.2) is 8.78 Å². The summed E-state index contributed by atoms with van der Waals surface area (Å²) < 4.78 is 26.4. The summed E-state index contributed by atoms with van der Waals surface area (Å²) in [6, 6.07) is 4.89. The minimum atomic E-state index is -0.745. The molecule has 0 aromatic heterocycles. The highest BCUT2D eigenvalue weighted by molar-refractivity contribution is 5.24. The summed E-state index contributed by atoms with van der Waals surface area (Å²) >= 11 is 0. The zero-order chi connectivity index (χ0) is 15.5. The normalized spacial score (nSPS) is 32.6. The van der Waals surface area contributed by atoms with Crippen molar-refractivity contribution in [1.82, 2.24) is 0 Å². The van der Waals surface area contributed by atoms with Crippen molar-refractivity contribution in [1.29, 1.82) is 0 Å². The van der Waals surface area contributed by atoms with Gasteiger partial charge in [0.05, 0.1) is 0 Å². The van der Waals surface area contributed by atoms with Gasteiger partial charge in [0.25, 0.3) is 0 Å². The van der Waals surface area contributed by atoms with Crippen LogP contribution in [-0.2, 0) is 0 Å². The first-order chi connectivity index (χ1) is 10.7. The van der Waals surface area contributed by atoms with Crippen molar-refractivity contribution in [3.63, 3.8) is 0 Å². The molecule has 0 amide bonds. The molecule has 2 aliphatic rings. The van der Waals surface area contributed by atoms with Gasteiger partial charge in [-0.1, -0.05) is 6.07 Å². The molecule has 1 aromatic rings. The molecule has 1 nitrogen and oxygen atoms in total. The van der Waals surface area contributed by atoms with Crippen molar-refractivity contribution in [3.05, 3.63) is 35.4 Å². The van der Waals surface area contributed by atoms with Crippen LogP contribution in [0.5, 0.6) is 0 Å². The molecule has 0 radical (unpaired) electrons. The minimum absolute atomic E-state index is 0.400. The van der Waals surface area contributed by atoms with Crippen LogP contribution in [0.4, 0.5) is 8.78 Å². The molecule has 2 aliphatic carbocycles. The summed E-state index contributed by atoms with van der Waals surface area (Å²) in [6.45, 7) is 3.67. The minimum Gasteiger partial charge on any atom is -0.298 e. The Kier molecular flexibility index (Phi) is 4.90. The van der Waals surface area contributed by atoms with Gasteiger partial charge < -0.3 is 0 Å². The average Bonchev–Trinajstić information content (AvgIpc) is 2.58. The first-order valence-corrected chi connectivity index (χ1v) is 8.58. The fourth-order valence-corrected chi connectivity index (χ4v) is 4.45. The van der Waals surface area contributed by atoms with E-state index in [0.717, 1.165) is 30.2 Å². The Bertz CT molecular complexity index is 512. The first kappa shape index (κ1) is 15.6. The lowest BCUT2D eigenvalue weighted by molar-refractivity contribution is 0.178. The summed E-state index contributed by atoms with van der Waals surface area (Å²) in [5, 5.41) is 0.